The number of nitrogens with one attached hydrogen (secondary N) is 1. The van der Waals surface area contributed by atoms with Gasteiger partial charge in [0, 0.05) is 30.9 Å². The highest BCUT2D eigenvalue weighted by atomic mass is 16.5. The van der Waals surface area contributed by atoms with Crippen LogP contribution in [-0.2, 0) is 11.3 Å². The van der Waals surface area contributed by atoms with Crippen LogP contribution in [0.5, 0.6) is 0 Å². The zero-order valence-corrected chi connectivity index (χ0v) is 13.4. The van der Waals surface area contributed by atoms with Crippen molar-refractivity contribution in [2.75, 3.05) is 31.6 Å². The summed E-state index contributed by atoms with van der Waals surface area (Å²) in [6, 6.07) is 15.7. The molecule has 120 valence electrons. The fourth-order valence-electron chi connectivity index (χ4n) is 2.67. The second-order valence-electron chi connectivity index (χ2n) is 5.91. The molecule has 0 unspecified atom stereocenters. The predicted molar refractivity (Wildman–Crippen MR) is 91.7 cm³/mol. The first-order valence-electron chi connectivity index (χ1n) is 7.98. The molecule has 0 aromatic heterocycles. The lowest BCUT2D eigenvalue weighted by atomic mass is 10.1. The van der Waals surface area contributed by atoms with Gasteiger partial charge in [-0.2, -0.15) is 0 Å². The van der Waals surface area contributed by atoms with E-state index in [0.717, 1.165) is 44.1 Å². The smallest absolute Gasteiger partial charge is 0.255 e. The number of amides is 1. The molecule has 1 amide bonds. The third-order valence-corrected chi connectivity index (χ3v) is 4.01. The van der Waals surface area contributed by atoms with Crippen molar-refractivity contribution < 1.29 is 9.53 Å². The Morgan fingerprint density at radius 3 is 2.61 bits per heavy atom. The number of carbonyl (C=O) groups is 1. The summed E-state index contributed by atoms with van der Waals surface area (Å²) in [5.41, 5.74) is 3.84. The molecule has 1 saturated heterocycles. The maximum Gasteiger partial charge on any atom is 0.255 e. The maximum atomic E-state index is 12.4. The predicted octanol–water partition coefficient (Wildman–Crippen LogP) is 3.08. The van der Waals surface area contributed by atoms with Crippen LogP contribution < -0.4 is 5.32 Å². The normalized spacial score (nSPS) is 15.3. The van der Waals surface area contributed by atoms with Crippen LogP contribution in [0.1, 0.15) is 21.5 Å². The maximum absolute atomic E-state index is 12.4. The molecule has 1 N–H and O–H groups in total. The van der Waals surface area contributed by atoms with E-state index < -0.39 is 0 Å². The van der Waals surface area contributed by atoms with Gasteiger partial charge in [-0.1, -0.05) is 29.8 Å². The monoisotopic (exact) mass is 310 g/mol. The molecule has 0 radical (unpaired) electrons. The topological polar surface area (TPSA) is 41.6 Å². The van der Waals surface area contributed by atoms with Crippen LogP contribution in [0, 0.1) is 6.92 Å². The zero-order chi connectivity index (χ0) is 16.1. The molecular weight excluding hydrogens is 288 g/mol. The molecule has 23 heavy (non-hydrogen) atoms. The fraction of sp³-hybridized carbons (Fsp3) is 0.316. The summed E-state index contributed by atoms with van der Waals surface area (Å²) in [6.45, 7) is 6.34. The first-order valence-corrected chi connectivity index (χ1v) is 7.98. The minimum Gasteiger partial charge on any atom is -0.379 e. The van der Waals surface area contributed by atoms with Crippen molar-refractivity contribution in [3.8, 4) is 0 Å². The van der Waals surface area contributed by atoms with Gasteiger partial charge in [-0.3, -0.25) is 9.69 Å². The van der Waals surface area contributed by atoms with Crippen LogP contribution in [0.3, 0.4) is 0 Å². The van der Waals surface area contributed by atoms with E-state index in [2.05, 4.69) is 16.3 Å². The van der Waals surface area contributed by atoms with Gasteiger partial charge in [0.25, 0.3) is 5.91 Å². The van der Waals surface area contributed by atoms with Gasteiger partial charge < -0.3 is 10.1 Å². The lowest BCUT2D eigenvalue weighted by molar-refractivity contribution is 0.0342. The van der Waals surface area contributed by atoms with Crippen LogP contribution >= 0.6 is 0 Å². The van der Waals surface area contributed by atoms with Crippen molar-refractivity contribution in [1.29, 1.82) is 0 Å². The fourth-order valence-corrected chi connectivity index (χ4v) is 2.67. The lowest BCUT2D eigenvalue weighted by Crippen LogP contribution is -2.35. The van der Waals surface area contributed by atoms with Crippen LogP contribution in [-0.4, -0.2) is 37.1 Å². The van der Waals surface area contributed by atoms with Crippen molar-refractivity contribution in [2.24, 2.45) is 0 Å². The molecule has 0 atom stereocenters. The number of hydrogen-bond donors (Lipinski definition) is 1. The Labute approximate surface area is 137 Å². The number of ether oxygens (including phenoxy) is 1. The van der Waals surface area contributed by atoms with Gasteiger partial charge >= 0.3 is 0 Å². The lowest BCUT2D eigenvalue weighted by Gasteiger charge is -2.26. The summed E-state index contributed by atoms with van der Waals surface area (Å²) in [7, 11) is 0. The van der Waals surface area contributed by atoms with Crippen molar-refractivity contribution >= 4 is 11.6 Å². The van der Waals surface area contributed by atoms with Gasteiger partial charge in [0.2, 0.25) is 0 Å². The summed E-state index contributed by atoms with van der Waals surface area (Å²) in [5.74, 6) is -0.0716. The summed E-state index contributed by atoms with van der Waals surface area (Å²) >= 11 is 0. The highest BCUT2D eigenvalue weighted by Crippen LogP contribution is 2.13. The number of anilines is 1. The number of rotatable bonds is 4. The second kappa shape index (κ2) is 7.40. The molecule has 4 nitrogen and oxygen atoms in total. The first kappa shape index (κ1) is 15.7. The SMILES string of the molecule is Cc1ccc(NC(=O)c2cccc(CN3CCOCC3)c2)cc1. The number of aryl methyl sites for hydroxylation is 1. The van der Waals surface area contributed by atoms with Crippen LogP contribution in [0.15, 0.2) is 48.5 Å². The van der Waals surface area contributed by atoms with E-state index in [1.807, 2.05) is 49.4 Å². The van der Waals surface area contributed by atoms with Gasteiger partial charge in [-0.25, -0.2) is 0 Å². The number of benzene rings is 2. The number of morpholine rings is 1. The van der Waals surface area contributed by atoms with Crippen molar-refractivity contribution in [1.82, 2.24) is 4.90 Å². The van der Waals surface area contributed by atoms with E-state index in [1.165, 1.54) is 5.56 Å². The third-order valence-electron chi connectivity index (χ3n) is 4.01. The average molecular weight is 310 g/mol. The van der Waals surface area contributed by atoms with Crippen LogP contribution in [0.2, 0.25) is 0 Å². The Balaban J connectivity index is 1.66. The molecule has 0 aliphatic carbocycles. The van der Waals surface area contributed by atoms with Gasteiger partial charge in [0.05, 0.1) is 13.2 Å². The third kappa shape index (κ3) is 4.41. The quantitative estimate of drug-likeness (QED) is 0.943. The average Bonchev–Trinajstić information content (AvgIpc) is 2.58. The molecule has 1 heterocycles. The minimum absolute atomic E-state index is 0.0716. The van der Waals surface area contributed by atoms with E-state index >= 15 is 0 Å². The van der Waals surface area contributed by atoms with E-state index in [-0.39, 0.29) is 5.91 Å². The van der Waals surface area contributed by atoms with Gasteiger partial charge in [0.15, 0.2) is 0 Å². The van der Waals surface area contributed by atoms with Crippen LogP contribution in [0.4, 0.5) is 5.69 Å². The molecule has 1 aliphatic rings. The minimum atomic E-state index is -0.0716. The Kier molecular flexibility index (Phi) is 5.05. The molecule has 0 saturated carbocycles. The number of nitrogens with zero attached hydrogens (tertiary/aromatic N) is 1. The summed E-state index contributed by atoms with van der Waals surface area (Å²) in [5, 5.41) is 2.94. The van der Waals surface area contributed by atoms with Crippen molar-refractivity contribution in [3.63, 3.8) is 0 Å². The van der Waals surface area contributed by atoms with E-state index in [9.17, 15) is 4.79 Å². The molecule has 2 aromatic carbocycles. The summed E-state index contributed by atoms with van der Waals surface area (Å²) < 4.78 is 5.37. The molecule has 0 spiro atoms. The van der Waals surface area contributed by atoms with Crippen LogP contribution in [0.25, 0.3) is 0 Å². The molecule has 2 aromatic rings. The summed E-state index contributed by atoms with van der Waals surface area (Å²) in [4.78, 5) is 14.7. The highest BCUT2D eigenvalue weighted by Gasteiger charge is 2.12. The van der Waals surface area contributed by atoms with Gasteiger partial charge in [-0.05, 0) is 36.8 Å². The van der Waals surface area contributed by atoms with Gasteiger partial charge in [-0.15, -0.1) is 0 Å². The Hall–Kier alpha value is -2.17. The largest absolute Gasteiger partial charge is 0.379 e. The molecule has 0 bridgehead atoms. The molecule has 1 aliphatic heterocycles. The van der Waals surface area contributed by atoms with E-state index in [1.54, 1.807) is 0 Å². The highest BCUT2D eigenvalue weighted by molar-refractivity contribution is 6.04. The Morgan fingerprint density at radius 1 is 1.13 bits per heavy atom. The summed E-state index contributed by atoms with van der Waals surface area (Å²) in [6.07, 6.45) is 0. The first-order chi connectivity index (χ1) is 11.2. The van der Waals surface area contributed by atoms with Crippen molar-refractivity contribution in [3.05, 3.63) is 65.2 Å². The Bertz CT molecular complexity index is 661. The standard InChI is InChI=1S/C19H22N2O2/c1-15-5-7-18(8-6-15)20-19(22)17-4-2-3-16(13-17)14-21-9-11-23-12-10-21/h2-8,13H,9-12,14H2,1H3,(H,20,22). The zero-order valence-electron chi connectivity index (χ0n) is 13.4. The van der Waals surface area contributed by atoms with Crippen molar-refractivity contribution in [2.45, 2.75) is 13.5 Å². The number of carbonyl (C=O) groups excluding carboxylic acids is 1. The van der Waals surface area contributed by atoms with Gasteiger partial charge in [0.1, 0.15) is 0 Å². The molecular formula is C19H22N2O2. The molecule has 4 heteroatoms. The second-order valence-corrected chi connectivity index (χ2v) is 5.91. The van der Waals surface area contributed by atoms with E-state index in [0.29, 0.717) is 5.56 Å². The number of hydrogen-bond acceptors (Lipinski definition) is 3. The molecule has 3 rings (SSSR count). The van der Waals surface area contributed by atoms with E-state index in [4.69, 9.17) is 4.74 Å². The molecule has 1 fully saturated rings. The Morgan fingerprint density at radius 2 is 1.87 bits per heavy atom.